The van der Waals surface area contributed by atoms with Gasteiger partial charge in [-0.05, 0) is 0 Å². The summed E-state index contributed by atoms with van der Waals surface area (Å²) in [5.74, 6) is -0.576. The predicted molar refractivity (Wildman–Crippen MR) is 71.0 cm³/mol. The van der Waals surface area contributed by atoms with Crippen LogP contribution >= 0.6 is 0 Å². The van der Waals surface area contributed by atoms with Crippen molar-refractivity contribution in [3.8, 4) is 0 Å². The first-order valence-corrected chi connectivity index (χ1v) is 6.13. The molecule has 3 heteroatoms. The Kier molecular flexibility index (Phi) is 2.97. The van der Waals surface area contributed by atoms with E-state index in [1.165, 1.54) is 6.26 Å². The van der Waals surface area contributed by atoms with E-state index in [4.69, 9.17) is 9.47 Å². The molecule has 1 aliphatic rings. The lowest BCUT2D eigenvalue weighted by atomic mass is 9.97. The molecule has 2 aromatic carbocycles. The average molecular weight is 254 g/mol. The molecule has 1 heterocycles. The summed E-state index contributed by atoms with van der Waals surface area (Å²) >= 11 is 0. The summed E-state index contributed by atoms with van der Waals surface area (Å²) in [5.41, 5.74) is 1.78. The largest absolute Gasteiger partial charge is 0.448 e. The molecule has 0 aromatic heterocycles. The SMILES string of the molecule is OCC1=COC(c2ccccc2)(c2ccccc2)O1. The van der Waals surface area contributed by atoms with Crippen molar-refractivity contribution >= 4 is 0 Å². The van der Waals surface area contributed by atoms with Crippen LogP contribution in [0.3, 0.4) is 0 Å². The zero-order chi connectivity index (χ0) is 13.1. The minimum absolute atomic E-state index is 0.179. The molecule has 2 aromatic rings. The maximum absolute atomic E-state index is 9.22. The van der Waals surface area contributed by atoms with E-state index in [1.54, 1.807) is 0 Å². The van der Waals surface area contributed by atoms with Gasteiger partial charge in [-0.25, -0.2) is 0 Å². The van der Waals surface area contributed by atoms with Gasteiger partial charge >= 0.3 is 5.79 Å². The highest BCUT2D eigenvalue weighted by molar-refractivity contribution is 5.35. The number of hydrogen-bond acceptors (Lipinski definition) is 3. The standard InChI is InChI=1S/C16H14O3/c17-11-15-12-18-16(19-15,13-7-3-1-4-8-13)14-9-5-2-6-10-14/h1-10,12,17H,11H2. The zero-order valence-corrected chi connectivity index (χ0v) is 10.3. The first-order valence-electron chi connectivity index (χ1n) is 6.13. The Balaban J connectivity index is 2.08. The maximum atomic E-state index is 9.22. The van der Waals surface area contributed by atoms with Crippen LogP contribution in [0.1, 0.15) is 11.1 Å². The van der Waals surface area contributed by atoms with Gasteiger partial charge in [-0.2, -0.15) is 0 Å². The van der Waals surface area contributed by atoms with Gasteiger partial charge in [0.05, 0.1) is 0 Å². The van der Waals surface area contributed by atoms with Gasteiger partial charge in [0.2, 0.25) is 0 Å². The Morgan fingerprint density at radius 1 is 0.842 bits per heavy atom. The van der Waals surface area contributed by atoms with E-state index in [-0.39, 0.29) is 6.61 Å². The van der Waals surface area contributed by atoms with E-state index in [9.17, 15) is 5.11 Å². The molecule has 0 bridgehead atoms. The highest BCUT2D eigenvalue weighted by Gasteiger charge is 2.42. The highest BCUT2D eigenvalue weighted by atomic mass is 16.7. The first kappa shape index (κ1) is 11.8. The summed E-state index contributed by atoms with van der Waals surface area (Å²) in [6.45, 7) is -0.179. The Bertz CT molecular complexity index is 536. The van der Waals surface area contributed by atoms with Gasteiger partial charge in [0.15, 0.2) is 5.76 Å². The van der Waals surface area contributed by atoms with Crippen molar-refractivity contribution in [2.75, 3.05) is 6.61 Å². The zero-order valence-electron chi connectivity index (χ0n) is 10.3. The van der Waals surface area contributed by atoms with Crippen molar-refractivity contribution in [3.63, 3.8) is 0 Å². The molecule has 0 saturated carbocycles. The molecule has 96 valence electrons. The third-order valence-corrected chi connectivity index (χ3v) is 3.09. The van der Waals surface area contributed by atoms with E-state index >= 15 is 0 Å². The van der Waals surface area contributed by atoms with Gasteiger partial charge in [0.1, 0.15) is 12.9 Å². The van der Waals surface area contributed by atoms with Crippen molar-refractivity contribution in [1.82, 2.24) is 0 Å². The van der Waals surface area contributed by atoms with Crippen LogP contribution in [-0.4, -0.2) is 11.7 Å². The quantitative estimate of drug-likeness (QED) is 0.915. The summed E-state index contributed by atoms with van der Waals surface area (Å²) in [6, 6.07) is 19.4. The molecule has 0 unspecified atom stereocenters. The summed E-state index contributed by atoms with van der Waals surface area (Å²) in [7, 11) is 0. The van der Waals surface area contributed by atoms with Crippen LogP contribution in [0.5, 0.6) is 0 Å². The first-order chi connectivity index (χ1) is 9.35. The molecular formula is C16H14O3. The smallest absolute Gasteiger partial charge is 0.304 e. The Morgan fingerprint density at radius 3 is 1.79 bits per heavy atom. The molecule has 0 fully saturated rings. The summed E-state index contributed by atoms with van der Waals surface area (Å²) < 4.78 is 11.6. The topological polar surface area (TPSA) is 38.7 Å². The molecule has 3 rings (SSSR count). The number of hydrogen-bond donors (Lipinski definition) is 1. The van der Waals surface area contributed by atoms with E-state index < -0.39 is 5.79 Å². The molecule has 0 amide bonds. The molecule has 0 atom stereocenters. The fraction of sp³-hybridized carbons (Fsp3) is 0.125. The summed E-state index contributed by atoms with van der Waals surface area (Å²) in [5, 5.41) is 9.22. The monoisotopic (exact) mass is 254 g/mol. The number of rotatable bonds is 3. The predicted octanol–water partition coefficient (Wildman–Crippen LogP) is 2.77. The summed E-state index contributed by atoms with van der Waals surface area (Å²) in [4.78, 5) is 0. The van der Waals surface area contributed by atoms with E-state index in [0.29, 0.717) is 5.76 Å². The molecule has 1 N–H and O–H groups in total. The number of aliphatic hydroxyl groups excluding tert-OH is 1. The Morgan fingerprint density at radius 2 is 1.37 bits per heavy atom. The van der Waals surface area contributed by atoms with Crippen LogP contribution in [0.25, 0.3) is 0 Å². The normalized spacial score (nSPS) is 16.4. The number of benzene rings is 2. The van der Waals surface area contributed by atoms with Crippen LogP contribution in [0.15, 0.2) is 72.7 Å². The van der Waals surface area contributed by atoms with E-state index in [2.05, 4.69) is 0 Å². The second-order valence-corrected chi connectivity index (χ2v) is 4.31. The van der Waals surface area contributed by atoms with Crippen LogP contribution in [0, 0.1) is 0 Å². The van der Waals surface area contributed by atoms with Gasteiger partial charge in [-0.1, -0.05) is 60.7 Å². The molecule has 3 nitrogen and oxygen atoms in total. The number of aliphatic hydroxyl groups is 1. The second kappa shape index (κ2) is 4.78. The molecule has 0 saturated heterocycles. The minimum Gasteiger partial charge on any atom is -0.448 e. The van der Waals surface area contributed by atoms with Crippen LogP contribution in [0.4, 0.5) is 0 Å². The summed E-state index contributed by atoms with van der Waals surface area (Å²) in [6.07, 6.45) is 1.47. The number of ether oxygens (including phenoxy) is 2. The molecular weight excluding hydrogens is 240 g/mol. The third-order valence-electron chi connectivity index (χ3n) is 3.09. The van der Waals surface area contributed by atoms with Crippen LogP contribution in [-0.2, 0) is 15.3 Å². The minimum atomic E-state index is -0.999. The van der Waals surface area contributed by atoms with Crippen LogP contribution in [0.2, 0.25) is 0 Å². The second-order valence-electron chi connectivity index (χ2n) is 4.31. The molecule has 0 spiro atoms. The lowest BCUT2D eigenvalue weighted by Crippen LogP contribution is -2.29. The molecule has 19 heavy (non-hydrogen) atoms. The van der Waals surface area contributed by atoms with Gasteiger partial charge in [0.25, 0.3) is 0 Å². The lowest BCUT2D eigenvalue weighted by molar-refractivity contribution is -0.123. The van der Waals surface area contributed by atoms with Gasteiger partial charge in [-0.3, -0.25) is 0 Å². The van der Waals surface area contributed by atoms with Gasteiger partial charge < -0.3 is 14.6 Å². The molecule has 0 radical (unpaired) electrons. The van der Waals surface area contributed by atoms with Crippen LogP contribution < -0.4 is 0 Å². The van der Waals surface area contributed by atoms with E-state index in [0.717, 1.165) is 11.1 Å². The van der Waals surface area contributed by atoms with Crippen molar-refractivity contribution in [2.45, 2.75) is 5.79 Å². The van der Waals surface area contributed by atoms with Crippen molar-refractivity contribution in [2.24, 2.45) is 0 Å². The Labute approximate surface area is 111 Å². The fourth-order valence-electron chi connectivity index (χ4n) is 2.19. The van der Waals surface area contributed by atoms with E-state index in [1.807, 2.05) is 60.7 Å². The van der Waals surface area contributed by atoms with Crippen molar-refractivity contribution in [3.05, 3.63) is 83.8 Å². The molecule has 1 aliphatic heterocycles. The van der Waals surface area contributed by atoms with Gasteiger partial charge in [0, 0.05) is 11.1 Å². The third kappa shape index (κ3) is 1.98. The van der Waals surface area contributed by atoms with Crippen molar-refractivity contribution in [1.29, 1.82) is 0 Å². The maximum Gasteiger partial charge on any atom is 0.304 e. The van der Waals surface area contributed by atoms with Crippen molar-refractivity contribution < 1.29 is 14.6 Å². The van der Waals surface area contributed by atoms with Gasteiger partial charge in [-0.15, -0.1) is 0 Å². The molecule has 0 aliphatic carbocycles. The lowest BCUT2D eigenvalue weighted by Gasteiger charge is -2.29. The average Bonchev–Trinajstić information content (AvgIpc) is 2.95. The Hall–Kier alpha value is -2.26. The fourth-order valence-corrected chi connectivity index (χ4v) is 2.19. The highest BCUT2D eigenvalue weighted by Crippen LogP contribution is 2.40.